The summed E-state index contributed by atoms with van der Waals surface area (Å²) >= 11 is 0. The van der Waals surface area contributed by atoms with Crippen LogP contribution in [0.5, 0.6) is 0 Å². The van der Waals surface area contributed by atoms with Crippen molar-refractivity contribution in [3.63, 3.8) is 0 Å². The van der Waals surface area contributed by atoms with Gasteiger partial charge in [-0.2, -0.15) is 0 Å². The number of benzene rings is 1. The molecule has 3 aromatic rings. The highest BCUT2D eigenvalue weighted by atomic mass is 16.2. The van der Waals surface area contributed by atoms with Crippen LogP contribution in [-0.2, 0) is 18.9 Å². The number of fused-ring (bicyclic) bond motifs is 1. The lowest BCUT2D eigenvalue weighted by Crippen LogP contribution is -2.31. The van der Waals surface area contributed by atoms with Crippen molar-refractivity contribution in [1.29, 1.82) is 0 Å². The number of amides is 2. The van der Waals surface area contributed by atoms with Crippen molar-refractivity contribution in [2.75, 3.05) is 11.9 Å². The molecule has 0 radical (unpaired) electrons. The number of nitrogens with one attached hydrogen (secondary N) is 2. The maximum Gasteiger partial charge on any atom is 0.293 e. The van der Waals surface area contributed by atoms with Crippen LogP contribution in [0.2, 0.25) is 0 Å². The third-order valence-corrected chi connectivity index (χ3v) is 4.91. The third-order valence-electron chi connectivity index (χ3n) is 4.91. The molecule has 0 saturated heterocycles. The van der Waals surface area contributed by atoms with E-state index >= 15 is 0 Å². The van der Waals surface area contributed by atoms with Crippen LogP contribution in [0.15, 0.2) is 24.5 Å². The van der Waals surface area contributed by atoms with E-state index in [0.717, 1.165) is 11.0 Å². The number of aryl methyl sites for hydroxylation is 1. The first kappa shape index (κ1) is 19.9. The quantitative estimate of drug-likeness (QED) is 0.393. The molecule has 3 rings (SSSR count). The monoisotopic (exact) mass is 391 g/mol. The van der Waals surface area contributed by atoms with E-state index < -0.39 is 11.7 Å². The summed E-state index contributed by atoms with van der Waals surface area (Å²) in [5, 5.41) is 5.20. The second-order valence-electron chi connectivity index (χ2n) is 6.72. The van der Waals surface area contributed by atoms with Gasteiger partial charge >= 0.3 is 0 Å². The fourth-order valence-corrected chi connectivity index (χ4v) is 3.36. The van der Waals surface area contributed by atoms with Crippen LogP contribution in [-0.4, -0.2) is 38.3 Å². The zero-order valence-corrected chi connectivity index (χ0v) is 16.7. The number of Topliss-reactive ketones (excluding diaryl/α,β-unsaturated/α-hetero) is 1. The summed E-state index contributed by atoms with van der Waals surface area (Å²) in [4.78, 5) is 41.8. The predicted molar refractivity (Wildman–Crippen MR) is 110 cm³/mol. The van der Waals surface area contributed by atoms with Crippen molar-refractivity contribution in [3.05, 3.63) is 47.0 Å². The highest BCUT2D eigenvalue weighted by molar-refractivity contribution is 6.43. The fourth-order valence-electron chi connectivity index (χ4n) is 3.36. The van der Waals surface area contributed by atoms with Crippen molar-refractivity contribution in [2.45, 2.75) is 13.8 Å². The van der Waals surface area contributed by atoms with E-state index in [1.807, 2.05) is 17.7 Å². The number of hydrogen-bond donors (Lipinski definition) is 2. The second kappa shape index (κ2) is 7.64. The van der Waals surface area contributed by atoms with Crippen LogP contribution >= 0.6 is 0 Å². The lowest BCUT2D eigenvalue weighted by Gasteiger charge is -2.08. The Morgan fingerprint density at radius 1 is 1.21 bits per heavy atom. The van der Waals surface area contributed by atoms with Crippen molar-refractivity contribution < 1.29 is 14.4 Å². The first-order chi connectivity index (χ1) is 13.8. The van der Waals surface area contributed by atoms with Gasteiger partial charge in [0.1, 0.15) is 5.69 Å². The molecular formula is C21H21N5O3. The van der Waals surface area contributed by atoms with Crippen LogP contribution in [0.1, 0.15) is 32.1 Å². The summed E-state index contributed by atoms with van der Waals surface area (Å²) in [6.45, 7) is 3.29. The number of hydrogen-bond acceptors (Lipinski definition) is 4. The Morgan fingerprint density at radius 2 is 1.93 bits per heavy atom. The molecule has 0 aliphatic carbocycles. The number of terminal acetylenes is 1. The topological polar surface area (TPSA) is 98.0 Å². The maximum atomic E-state index is 12.9. The Balaban J connectivity index is 1.91. The molecule has 8 heteroatoms. The largest absolute Gasteiger partial charge is 0.343 e. The average Bonchev–Trinajstić information content (AvgIpc) is 3.16. The Kier molecular flexibility index (Phi) is 5.24. The first-order valence-electron chi connectivity index (χ1n) is 8.90. The molecule has 2 heterocycles. The highest BCUT2D eigenvalue weighted by Gasteiger charge is 2.28. The summed E-state index contributed by atoms with van der Waals surface area (Å²) in [7, 11) is 3.57. The second-order valence-corrected chi connectivity index (χ2v) is 6.72. The smallest absolute Gasteiger partial charge is 0.293 e. The molecule has 0 atom stereocenters. The lowest BCUT2D eigenvalue weighted by atomic mass is 10.0. The van der Waals surface area contributed by atoms with Crippen LogP contribution in [0.4, 0.5) is 5.69 Å². The van der Waals surface area contributed by atoms with Crippen molar-refractivity contribution in [1.82, 2.24) is 19.4 Å². The SMILES string of the molecule is C#CCNC(=O)C(=O)c1c(C)c(C(=O)Nc2ccc3c(c2)ncn3C)n(C)c1C. The van der Waals surface area contributed by atoms with Crippen LogP contribution in [0.3, 0.4) is 0 Å². The van der Waals surface area contributed by atoms with Gasteiger partial charge in [0.15, 0.2) is 0 Å². The number of carbonyl (C=O) groups excluding carboxylic acids is 3. The molecule has 0 unspecified atom stereocenters. The molecule has 29 heavy (non-hydrogen) atoms. The number of aromatic nitrogens is 3. The Labute approximate surface area is 167 Å². The van der Waals surface area contributed by atoms with Gasteiger partial charge in [-0.05, 0) is 37.6 Å². The molecule has 148 valence electrons. The standard InChI is InChI=1S/C21H21N5O3/c1-6-9-22-21(29)19(27)17-12(2)18(26(5)13(17)3)20(28)24-14-7-8-16-15(10-14)23-11-25(16)4/h1,7-8,10-11H,9H2,2-5H3,(H,22,29)(H,24,28). The van der Waals surface area contributed by atoms with Gasteiger partial charge in [-0.3, -0.25) is 14.4 Å². The number of rotatable bonds is 5. The molecule has 0 bridgehead atoms. The minimum absolute atomic E-state index is 0.0428. The van der Waals surface area contributed by atoms with Gasteiger partial charge in [-0.15, -0.1) is 6.42 Å². The zero-order valence-electron chi connectivity index (χ0n) is 16.7. The molecule has 0 spiro atoms. The van der Waals surface area contributed by atoms with Gasteiger partial charge in [0.25, 0.3) is 17.6 Å². The average molecular weight is 391 g/mol. The molecule has 2 aromatic heterocycles. The Bertz CT molecular complexity index is 1190. The number of anilines is 1. The van der Waals surface area contributed by atoms with Crippen LogP contribution in [0.25, 0.3) is 11.0 Å². The maximum absolute atomic E-state index is 12.9. The van der Waals surface area contributed by atoms with Gasteiger partial charge in [0.2, 0.25) is 0 Å². The molecule has 0 saturated carbocycles. The van der Waals surface area contributed by atoms with E-state index in [1.54, 1.807) is 43.9 Å². The van der Waals surface area contributed by atoms with E-state index in [1.165, 1.54) is 0 Å². The fraction of sp³-hybridized carbons (Fsp3) is 0.238. The molecule has 8 nitrogen and oxygen atoms in total. The first-order valence-corrected chi connectivity index (χ1v) is 8.90. The van der Waals surface area contributed by atoms with E-state index in [2.05, 4.69) is 21.5 Å². The summed E-state index contributed by atoms with van der Waals surface area (Å²) in [5.74, 6) is 0.346. The van der Waals surface area contributed by atoms with Gasteiger partial charge in [-0.1, -0.05) is 5.92 Å². The van der Waals surface area contributed by atoms with Crippen LogP contribution in [0, 0.1) is 26.2 Å². The third kappa shape index (κ3) is 3.50. The number of nitrogens with zero attached hydrogens (tertiary/aromatic N) is 3. The van der Waals surface area contributed by atoms with Crippen molar-refractivity contribution >= 4 is 34.3 Å². The minimum atomic E-state index is -0.799. The van der Waals surface area contributed by atoms with Crippen molar-refractivity contribution in [3.8, 4) is 12.3 Å². The Morgan fingerprint density at radius 3 is 2.62 bits per heavy atom. The predicted octanol–water partition coefficient (Wildman–Crippen LogP) is 1.71. The molecule has 0 fully saturated rings. The van der Waals surface area contributed by atoms with E-state index in [4.69, 9.17) is 6.42 Å². The van der Waals surface area contributed by atoms with E-state index in [9.17, 15) is 14.4 Å². The molecular weight excluding hydrogens is 370 g/mol. The lowest BCUT2D eigenvalue weighted by molar-refractivity contribution is -0.116. The summed E-state index contributed by atoms with van der Waals surface area (Å²) in [6, 6.07) is 5.43. The highest BCUT2D eigenvalue weighted by Crippen LogP contribution is 2.24. The van der Waals surface area contributed by atoms with E-state index in [0.29, 0.717) is 22.6 Å². The molecule has 2 amide bonds. The normalized spacial score (nSPS) is 10.6. The van der Waals surface area contributed by atoms with Gasteiger partial charge in [0.05, 0.1) is 29.5 Å². The number of ketones is 1. The van der Waals surface area contributed by atoms with E-state index in [-0.39, 0.29) is 18.0 Å². The zero-order chi connectivity index (χ0) is 21.3. The molecule has 2 N–H and O–H groups in total. The minimum Gasteiger partial charge on any atom is -0.343 e. The van der Waals surface area contributed by atoms with Gasteiger partial charge < -0.3 is 19.8 Å². The molecule has 0 aliphatic heterocycles. The van der Waals surface area contributed by atoms with Gasteiger partial charge in [0, 0.05) is 25.5 Å². The van der Waals surface area contributed by atoms with Crippen molar-refractivity contribution in [2.24, 2.45) is 14.1 Å². The number of imidazole rings is 1. The summed E-state index contributed by atoms with van der Waals surface area (Å²) in [6.07, 6.45) is 6.81. The van der Waals surface area contributed by atoms with Gasteiger partial charge in [-0.25, -0.2) is 4.98 Å². The van der Waals surface area contributed by atoms with Crippen LogP contribution < -0.4 is 10.6 Å². The summed E-state index contributed by atoms with van der Waals surface area (Å²) in [5.41, 5.74) is 3.74. The number of carbonyl (C=O) groups is 3. The summed E-state index contributed by atoms with van der Waals surface area (Å²) < 4.78 is 3.49. The molecule has 1 aromatic carbocycles. The Hall–Kier alpha value is -3.86. The molecule has 0 aliphatic rings.